The van der Waals surface area contributed by atoms with E-state index in [2.05, 4.69) is 9.97 Å². The first-order valence-electron chi connectivity index (χ1n) is 7.99. The number of fused-ring (bicyclic) bond motifs is 1. The molecule has 4 nitrogen and oxygen atoms in total. The van der Waals surface area contributed by atoms with Gasteiger partial charge >= 0.3 is 0 Å². The summed E-state index contributed by atoms with van der Waals surface area (Å²) in [6.45, 7) is 1.74. The Morgan fingerprint density at radius 3 is 2.50 bits per heavy atom. The van der Waals surface area contributed by atoms with Crippen LogP contribution in [0.5, 0.6) is 0 Å². The van der Waals surface area contributed by atoms with Crippen LogP contribution in [0.3, 0.4) is 0 Å². The lowest BCUT2D eigenvalue weighted by molar-refractivity contribution is 0.585. The lowest BCUT2D eigenvalue weighted by atomic mass is 10.0. The van der Waals surface area contributed by atoms with E-state index in [4.69, 9.17) is 5.41 Å². The smallest absolute Gasteiger partial charge is 0.235 e. The molecule has 1 N–H and O–H groups in total. The van der Waals surface area contributed by atoms with Crippen LogP contribution in [0.4, 0.5) is 8.78 Å². The molecule has 4 rings (SSSR count). The van der Waals surface area contributed by atoms with Gasteiger partial charge in [0.2, 0.25) is 5.78 Å². The Morgan fingerprint density at radius 1 is 1.04 bits per heavy atom. The van der Waals surface area contributed by atoms with Crippen molar-refractivity contribution in [1.29, 1.82) is 5.41 Å². The minimum atomic E-state index is -0.699. The molecule has 0 radical (unpaired) electrons. The summed E-state index contributed by atoms with van der Waals surface area (Å²) >= 11 is 0. The molecule has 0 saturated heterocycles. The van der Waals surface area contributed by atoms with E-state index < -0.39 is 11.6 Å². The fraction of sp³-hybridized carbons (Fsp3) is 0.0500. The minimum Gasteiger partial charge on any atom is -0.308 e. The molecule has 0 aliphatic carbocycles. The molecule has 26 heavy (non-hydrogen) atoms. The third kappa shape index (κ3) is 2.56. The molecule has 0 aliphatic heterocycles. The summed E-state index contributed by atoms with van der Waals surface area (Å²) in [7, 11) is 0. The summed E-state index contributed by atoms with van der Waals surface area (Å²) in [5.41, 5.74) is 3.21. The highest BCUT2D eigenvalue weighted by molar-refractivity contribution is 5.89. The van der Waals surface area contributed by atoms with Gasteiger partial charge in [0.25, 0.3) is 0 Å². The lowest BCUT2D eigenvalue weighted by Gasteiger charge is -2.12. The van der Waals surface area contributed by atoms with Crippen molar-refractivity contribution in [1.82, 2.24) is 14.4 Å². The zero-order chi connectivity index (χ0) is 18.3. The van der Waals surface area contributed by atoms with E-state index >= 15 is 0 Å². The third-order valence-electron chi connectivity index (χ3n) is 4.24. The standard InChI is InChI=1S/C20H14F2N4/c1-12-16(10-23)19(15-8-7-14(21)9-17(15)22)26-11-18(25-20(26)24-12)13-5-3-2-4-6-13/h2-11,23H,1H3. The number of hydrogen-bond acceptors (Lipinski definition) is 3. The van der Waals surface area contributed by atoms with Gasteiger partial charge in [-0.1, -0.05) is 30.3 Å². The highest BCUT2D eigenvalue weighted by Crippen LogP contribution is 2.30. The third-order valence-corrected chi connectivity index (χ3v) is 4.24. The van der Waals surface area contributed by atoms with Crippen LogP contribution in [0.2, 0.25) is 0 Å². The summed E-state index contributed by atoms with van der Waals surface area (Å²) in [6, 6.07) is 13.0. The van der Waals surface area contributed by atoms with Crippen LogP contribution < -0.4 is 0 Å². The van der Waals surface area contributed by atoms with Crippen molar-refractivity contribution in [3.63, 3.8) is 0 Å². The minimum absolute atomic E-state index is 0.192. The average molecular weight is 348 g/mol. The molecule has 0 amide bonds. The zero-order valence-corrected chi connectivity index (χ0v) is 13.9. The van der Waals surface area contributed by atoms with Gasteiger partial charge in [0.1, 0.15) is 11.6 Å². The van der Waals surface area contributed by atoms with Gasteiger partial charge in [0.05, 0.1) is 17.1 Å². The topological polar surface area (TPSA) is 54.0 Å². The van der Waals surface area contributed by atoms with Crippen molar-refractivity contribution in [3.8, 4) is 22.5 Å². The van der Waals surface area contributed by atoms with Crippen molar-refractivity contribution >= 4 is 12.0 Å². The number of rotatable bonds is 3. The van der Waals surface area contributed by atoms with Gasteiger partial charge in [-0.3, -0.25) is 4.40 Å². The normalized spacial score (nSPS) is 11.0. The van der Waals surface area contributed by atoms with Gasteiger partial charge in [0.15, 0.2) is 0 Å². The second-order valence-corrected chi connectivity index (χ2v) is 5.89. The van der Waals surface area contributed by atoms with E-state index in [-0.39, 0.29) is 5.56 Å². The number of aryl methyl sites for hydroxylation is 1. The zero-order valence-electron chi connectivity index (χ0n) is 13.9. The van der Waals surface area contributed by atoms with Gasteiger partial charge in [-0.25, -0.2) is 18.7 Å². The van der Waals surface area contributed by atoms with E-state index in [1.54, 1.807) is 17.5 Å². The molecule has 0 aliphatic rings. The van der Waals surface area contributed by atoms with Gasteiger partial charge in [-0.2, -0.15) is 0 Å². The summed E-state index contributed by atoms with van der Waals surface area (Å²) < 4.78 is 29.5. The van der Waals surface area contributed by atoms with Crippen LogP contribution in [-0.4, -0.2) is 20.6 Å². The first kappa shape index (κ1) is 16.1. The fourth-order valence-corrected chi connectivity index (χ4v) is 3.00. The molecule has 128 valence electrons. The highest BCUT2D eigenvalue weighted by Gasteiger charge is 2.19. The Morgan fingerprint density at radius 2 is 1.81 bits per heavy atom. The Labute approximate surface area is 148 Å². The SMILES string of the molecule is Cc1nc2nc(-c3ccccc3)cn2c(-c2ccc(F)cc2F)c1C=N. The summed E-state index contributed by atoms with van der Waals surface area (Å²) in [5, 5.41) is 7.74. The number of halogens is 2. The summed E-state index contributed by atoms with van der Waals surface area (Å²) in [6.07, 6.45) is 2.88. The molecule has 0 unspecified atom stereocenters. The molecule has 0 atom stereocenters. The maximum absolute atomic E-state index is 14.5. The van der Waals surface area contributed by atoms with Crippen molar-refractivity contribution in [2.24, 2.45) is 0 Å². The van der Waals surface area contributed by atoms with Gasteiger partial charge in [-0.15, -0.1) is 0 Å². The number of hydrogen-bond donors (Lipinski definition) is 1. The maximum Gasteiger partial charge on any atom is 0.235 e. The van der Waals surface area contributed by atoms with Crippen molar-refractivity contribution in [2.75, 3.05) is 0 Å². The molecule has 0 fully saturated rings. The van der Waals surface area contributed by atoms with Crippen LogP contribution in [0.25, 0.3) is 28.3 Å². The molecule has 2 aromatic heterocycles. The van der Waals surface area contributed by atoms with E-state index in [0.29, 0.717) is 28.4 Å². The van der Waals surface area contributed by atoms with Gasteiger partial charge in [-0.05, 0) is 19.1 Å². The van der Waals surface area contributed by atoms with Gasteiger partial charge in [0, 0.05) is 35.2 Å². The number of nitrogens with zero attached hydrogens (tertiary/aromatic N) is 3. The number of nitrogens with one attached hydrogen (secondary N) is 1. The molecule has 0 saturated carbocycles. The number of aromatic nitrogens is 3. The Kier molecular flexibility index (Phi) is 3.80. The second-order valence-electron chi connectivity index (χ2n) is 5.89. The lowest BCUT2D eigenvalue weighted by Crippen LogP contribution is -2.05. The molecule has 0 bridgehead atoms. The Bertz CT molecular complexity index is 1130. The van der Waals surface area contributed by atoms with E-state index in [1.807, 2.05) is 30.3 Å². The van der Waals surface area contributed by atoms with Crippen LogP contribution in [0.15, 0.2) is 54.7 Å². The molecule has 2 heterocycles. The molecular weight excluding hydrogens is 334 g/mol. The predicted octanol–water partition coefficient (Wildman–Crippen LogP) is 4.65. The van der Waals surface area contributed by atoms with Crippen LogP contribution >= 0.6 is 0 Å². The molecule has 6 heteroatoms. The van der Waals surface area contributed by atoms with Crippen molar-refractivity contribution < 1.29 is 8.78 Å². The summed E-state index contributed by atoms with van der Waals surface area (Å²) in [5.74, 6) is -0.957. The van der Waals surface area contributed by atoms with Crippen LogP contribution in [-0.2, 0) is 0 Å². The Hall–Kier alpha value is -3.41. The fourth-order valence-electron chi connectivity index (χ4n) is 3.00. The molecule has 4 aromatic rings. The van der Waals surface area contributed by atoms with Crippen LogP contribution in [0.1, 0.15) is 11.3 Å². The van der Waals surface area contributed by atoms with E-state index in [0.717, 1.165) is 17.8 Å². The number of benzene rings is 2. The molecule has 2 aromatic carbocycles. The van der Waals surface area contributed by atoms with Crippen molar-refractivity contribution in [3.05, 3.63) is 77.6 Å². The Balaban J connectivity index is 2.06. The predicted molar refractivity (Wildman–Crippen MR) is 96.4 cm³/mol. The first-order valence-corrected chi connectivity index (χ1v) is 7.99. The van der Waals surface area contributed by atoms with Crippen molar-refractivity contribution in [2.45, 2.75) is 6.92 Å². The van der Waals surface area contributed by atoms with E-state index in [9.17, 15) is 8.78 Å². The van der Waals surface area contributed by atoms with Crippen LogP contribution in [0, 0.1) is 24.0 Å². The van der Waals surface area contributed by atoms with Gasteiger partial charge < -0.3 is 5.41 Å². The monoisotopic (exact) mass is 348 g/mol. The first-order chi connectivity index (χ1) is 12.6. The second kappa shape index (κ2) is 6.15. The quantitative estimate of drug-likeness (QED) is 0.548. The largest absolute Gasteiger partial charge is 0.308 e. The number of imidazole rings is 1. The average Bonchev–Trinajstić information content (AvgIpc) is 3.05. The molecule has 0 spiro atoms. The summed E-state index contributed by atoms with van der Waals surface area (Å²) in [4.78, 5) is 8.96. The van der Waals surface area contributed by atoms with E-state index in [1.165, 1.54) is 12.1 Å². The highest BCUT2D eigenvalue weighted by atomic mass is 19.1. The maximum atomic E-state index is 14.5. The molecular formula is C20H14F2N4.